The van der Waals surface area contributed by atoms with E-state index >= 15 is 0 Å². The SMILES string of the molecule is COc1ccc(CN(Cc2ccc(F)cc2)C(=O)C=C(O)C(=O)O)c(OC)c1. The molecule has 0 fully saturated rings. The van der Waals surface area contributed by atoms with E-state index in [1.165, 1.54) is 43.4 Å². The first-order chi connectivity index (χ1) is 13.3. The van der Waals surface area contributed by atoms with Crippen molar-refractivity contribution in [1.29, 1.82) is 0 Å². The molecule has 2 aromatic carbocycles. The number of ether oxygens (including phenoxy) is 2. The third-order valence-corrected chi connectivity index (χ3v) is 3.93. The molecule has 0 spiro atoms. The average Bonchev–Trinajstić information content (AvgIpc) is 2.69. The molecule has 7 nitrogen and oxygen atoms in total. The Hall–Kier alpha value is -3.55. The number of aliphatic hydroxyl groups is 1. The second-order valence-electron chi connectivity index (χ2n) is 5.83. The van der Waals surface area contributed by atoms with Gasteiger partial charge in [-0.05, 0) is 29.8 Å². The predicted octanol–water partition coefficient (Wildman–Crippen LogP) is 2.90. The summed E-state index contributed by atoms with van der Waals surface area (Å²) >= 11 is 0. The molecule has 0 unspecified atom stereocenters. The molecule has 1 amide bonds. The Morgan fingerprint density at radius 3 is 2.29 bits per heavy atom. The van der Waals surface area contributed by atoms with E-state index in [1.54, 1.807) is 18.2 Å². The Morgan fingerprint density at radius 1 is 1.04 bits per heavy atom. The number of carbonyl (C=O) groups is 2. The molecule has 0 aromatic heterocycles. The van der Waals surface area contributed by atoms with E-state index in [2.05, 4.69) is 0 Å². The van der Waals surface area contributed by atoms with Gasteiger partial charge in [0, 0.05) is 24.7 Å². The van der Waals surface area contributed by atoms with Gasteiger partial charge in [0.15, 0.2) is 0 Å². The summed E-state index contributed by atoms with van der Waals surface area (Å²) in [5.41, 5.74) is 1.27. The molecule has 2 aromatic rings. The lowest BCUT2D eigenvalue weighted by Gasteiger charge is -2.23. The maximum atomic E-state index is 13.1. The van der Waals surface area contributed by atoms with E-state index < -0.39 is 23.5 Å². The van der Waals surface area contributed by atoms with Crippen molar-refractivity contribution >= 4 is 11.9 Å². The quantitative estimate of drug-likeness (QED) is 0.532. The Kier molecular flexibility index (Phi) is 6.97. The third-order valence-electron chi connectivity index (χ3n) is 3.93. The first-order valence-corrected chi connectivity index (χ1v) is 8.22. The number of aliphatic carboxylic acids is 1. The van der Waals surface area contributed by atoms with Crippen LogP contribution in [0.1, 0.15) is 11.1 Å². The maximum Gasteiger partial charge on any atom is 0.371 e. The van der Waals surface area contributed by atoms with E-state index in [-0.39, 0.29) is 13.1 Å². The van der Waals surface area contributed by atoms with Gasteiger partial charge in [-0.3, -0.25) is 4.79 Å². The predicted molar refractivity (Wildman–Crippen MR) is 98.5 cm³/mol. The number of aliphatic hydroxyl groups excluding tert-OH is 1. The summed E-state index contributed by atoms with van der Waals surface area (Å²) in [5.74, 6) is -2.78. The van der Waals surface area contributed by atoms with Crippen LogP contribution in [0.4, 0.5) is 4.39 Å². The molecule has 0 aliphatic carbocycles. The molecule has 0 radical (unpaired) electrons. The minimum Gasteiger partial charge on any atom is -0.502 e. The second kappa shape index (κ2) is 9.40. The van der Waals surface area contributed by atoms with Gasteiger partial charge in [0.25, 0.3) is 5.91 Å². The molecule has 0 saturated carbocycles. The van der Waals surface area contributed by atoms with E-state index in [0.29, 0.717) is 28.7 Å². The van der Waals surface area contributed by atoms with Gasteiger partial charge < -0.3 is 24.6 Å². The van der Waals surface area contributed by atoms with Gasteiger partial charge in [0.2, 0.25) is 5.76 Å². The molecule has 148 valence electrons. The third kappa shape index (κ3) is 5.47. The fourth-order valence-electron chi connectivity index (χ4n) is 2.48. The zero-order chi connectivity index (χ0) is 20.7. The number of hydrogen-bond donors (Lipinski definition) is 2. The molecule has 0 atom stereocenters. The lowest BCUT2D eigenvalue weighted by atomic mass is 10.1. The maximum absolute atomic E-state index is 13.1. The number of carbonyl (C=O) groups excluding carboxylic acids is 1. The zero-order valence-corrected chi connectivity index (χ0v) is 15.4. The minimum atomic E-state index is -1.61. The Morgan fingerprint density at radius 2 is 1.71 bits per heavy atom. The molecule has 2 N–H and O–H groups in total. The van der Waals surface area contributed by atoms with Crippen LogP contribution in [0.2, 0.25) is 0 Å². The van der Waals surface area contributed by atoms with Crippen molar-refractivity contribution in [2.24, 2.45) is 0 Å². The van der Waals surface area contributed by atoms with Crippen LogP contribution in [0.5, 0.6) is 11.5 Å². The Bertz CT molecular complexity index is 879. The summed E-state index contributed by atoms with van der Waals surface area (Å²) in [6, 6.07) is 10.6. The number of rotatable bonds is 8. The van der Waals surface area contributed by atoms with Crippen molar-refractivity contribution in [2.45, 2.75) is 13.1 Å². The molecule has 0 aliphatic heterocycles. The number of carboxylic acids is 1. The van der Waals surface area contributed by atoms with Crippen LogP contribution in [-0.2, 0) is 22.7 Å². The average molecular weight is 389 g/mol. The smallest absolute Gasteiger partial charge is 0.371 e. The van der Waals surface area contributed by atoms with E-state index in [1.807, 2.05) is 0 Å². The largest absolute Gasteiger partial charge is 0.502 e. The van der Waals surface area contributed by atoms with Crippen LogP contribution in [0.25, 0.3) is 0 Å². The standard InChI is InChI=1S/C20H20FNO6/c1-27-16-8-5-14(18(9-16)28-2)12-22(19(24)10-17(23)20(25)26)11-13-3-6-15(21)7-4-13/h3-10,23H,11-12H2,1-2H3,(H,25,26). The summed E-state index contributed by atoms with van der Waals surface area (Å²) in [5, 5.41) is 18.2. The molecule has 0 bridgehead atoms. The van der Waals surface area contributed by atoms with Crippen molar-refractivity contribution < 1.29 is 33.7 Å². The number of halogens is 1. The van der Waals surface area contributed by atoms with Gasteiger partial charge in [0.05, 0.1) is 20.3 Å². The number of benzene rings is 2. The van der Waals surface area contributed by atoms with E-state index in [9.17, 15) is 19.1 Å². The van der Waals surface area contributed by atoms with Crippen LogP contribution in [0, 0.1) is 5.82 Å². The highest BCUT2D eigenvalue weighted by Crippen LogP contribution is 2.26. The molecule has 0 saturated heterocycles. The number of carboxylic acid groups (broad SMARTS) is 1. The molecule has 0 aliphatic rings. The first kappa shape index (κ1) is 20.8. The number of amides is 1. The van der Waals surface area contributed by atoms with Gasteiger partial charge in [0.1, 0.15) is 17.3 Å². The first-order valence-electron chi connectivity index (χ1n) is 8.22. The highest BCUT2D eigenvalue weighted by Gasteiger charge is 2.18. The van der Waals surface area contributed by atoms with Crippen molar-refractivity contribution in [3.63, 3.8) is 0 Å². The fourth-order valence-corrected chi connectivity index (χ4v) is 2.48. The van der Waals surface area contributed by atoms with Crippen molar-refractivity contribution in [1.82, 2.24) is 4.90 Å². The van der Waals surface area contributed by atoms with E-state index in [4.69, 9.17) is 14.6 Å². The van der Waals surface area contributed by atoms with Crippen LogP contribution in [0.3, 0.4) is 0 Å². The van der Waals surface area contributed by atoms with Gasteiger partial charge in [-0.2, -0.15) is 0 Å². The van der Waals surface area contributed by atoms with Crippen LogP contribution < -0.4 is 9.47 Å². The van der Waals surface area contributed by atoms with Crippen molar-refractivity contribution in [3.05, 3.63) is 71.2 Å². The monoisotopic (exact) mass is 389 g/mol. The van der Waals surface area contributed by atoms with Crippen molar-refractivity contribution in [3.8, 4) is 11.5 Å². The highest BCUT2D eigenvalue weighted by molar-refractivity contribution is 5.96. The minimum absolute atomic E-state index is 0.0623. The molecule has 28 heavy (non-hydrogen) atoms. The zero-order valence-electron chi connectivity index (χ0n) is 15.4. The number of hydrogen-bond acceptors (Lipinski definition) is 5. The number of methoxy groups -OCH3 is 2. The lowest BCUT2D eigenvalue weighted by molar-refractivity contribution is -0.136. The Labute approximate surface area is 161 Å². The summed E-state index contributed by atoms with van der Waals surface area (Å²) in [6.07, 6.45) is 0.627. The van der Waals surface area contributed by atoms with Crippen LogP contribution in [-0.4, -0.2) is 41.2 Å². The summed E-state index contributed by atoms with van der Waals surface area (Å²) in [4.78, 5) is 24.7. The summed E-state index contributed by atoms with van der Waals surface area (Å²) in [6.45, 7) is 0.129. The molecule has 0 heterocycles. The lowest BCUT2D eigenvalue weighted by Crippen LogP contribution is -2.29. The van der Waals surface area contributed by atoms with E-state index in [0.717, 1.165) is 0 Å². The summed E-state index contributed by atoms with van der Waals surface area (Å²) in [7, 11) is 2.98. The molecular weight excluding hydrogens is 369 g/mol. The second-order valence-corrected chi connectivity index (χ2v) is 5.83. The Balaban J connectivity index is 2.34. The number of nitrogens with zero attached hydrogens (tertiary/aromatic N) is 1. The molecule has 2 rings (SSSR count). The molecular formula is C20H20FNO6. The summed E-state index contributed by atoms with van der Waals surface area (Å²) < 4.78 is 23.6. The van der Waals surface area contributed by atoms with Crippen molar-refractivity contribution in [2.75, 3.05) is 14.2 Å². The van der Waals surface area contributed by atoms with Gasteiger partial charge >= 0.3 is 5.97 Å². The van der Waals surface area contributed by atoms with Crippen LogP contribution in [0.15, 0.2) is 54.3 Å². The fraction of sp³-hybridized carbons (Fsp3) is 0.200. The van der Waals surface area contributed by atoms with Gasteiger partial charge in [-0.1, -0.05) is 12.1 Å². The highest BCUT2D eigenvalue weighted by atomic mass is 19.1. The van der Waals surface area contributed by atoms with Gasteiger partial charge in [-0.25, -0.2) is 9.18 Å². The normalized spacial score (nSPS) is 11.0. The van der Waals surface area contributed by atoms with Crippen LogP contribution >= 0.6 is 0 Å². The molecule has 8 heteroatoms. The topological polar surface area (TPSA) is 96.3 Å². The van der Waals surface area contributed by atoms with Gasteiger partial charge in [-0.15, -0.1) is 0 Å².